The van der Waals surface area contributed by atoms with Crippen LogP contribution in [0.5, 0.6) is 0 Å². The van der Waals surface area contributed by atoms with Crippen molar-refractivity contribution in [1.82, 2.24) is 9.21 Å². The van der Waals surface area contributed by atoms with Crippen molar-refractivity contribution in [1.29, 1.82) is 0 Å². The number of piperazine rings is 1. The van der Waals surface area contributed by atoms with Crippen molar-refractivity contribution in [3.05, 3.63) is 48.4 Å². The van der Waals surface area contributed by atoms with Crippen molar-refractivity contribution in [3.8, 4) is 0 Å². The second kappa shape index (κ2) is 7.52. The highest BCUT2D eigenvalue weighted by molar-refractivity contribution is 7.94. The van der Waals surface area contributed by atoms with Crippen LogP contribution < -0.4 is 4.31 Å². The lowest BCUT2D eigenvalue weighted by molar-refractivity contribution is -0.116. The van der Waals surface area contributed by atoms with Crippen LogP contribution >= 0.6 is 0 Å². The molecule has 2 aromatic rings. The molecule has 0 aliphatic carbocycles. The van der Waals surface area contributed by atoms with Gasteiger partial charge in [-0.1, -0.05) is 0 Å². The van der Waals surface area contributed by atoms with Crippen LogP contribution in [-0.4, -0.2) is 69.8 Å². The van der Waals surface area contributed by atoms with E-state index in [0.29, 0.717) is 4.31 Å². The minimum absolute atomic E-state index is 0.0129. The average molecular weight is 453 g/mol. The van der Waals surface area contributed by atoms with Crippen molar-refractivity contribution < 1.29 is 30.8 Å². The topological polar surface area (TPSA) is 125 Å². The van der Waals surface area contributed by atoms with Gasteiger partial charge >= 0.3 is 0 Å². The average Bonchev–Trinajstić information content (AvgIpc) is 3.36. The maximum atomic E-state index is 12.9. The highest BCUT2D eigenvalue weighted by Gasteiger charge is 2.37. The van der Waals surface area contributed by atoms with Crippen LogP contribution in [0.15, 0.2) is 52.0 Å². The number of amides is 2. The number of anilines is 1. The van der Waals surface area contributed by atoms with Gasteiger partial charge in [0.1, 0.15) is 0 Å². The molecule has 12 heteroatoms. The quantitative estimate of drug-likeness (QED) is 0.660. The second-order valence-corrected chi connectivity index (χ2v) is 10.8. The maximum Gasteiger partial charge on any atom is 0.289 e. The molecule has 2 fully saturated rings. The summed E-state index contributed by atoms with van der Waals surface area (Å²) >= 11 is 0. The number of carbonyl (C=O) groups excluding carboxylic acids is 2. The standard InChI is InChI=1S/C18H19N3O7S2/c22-17-7-13-29(24,25)21(17)14-3-5-15(6-4-14)30(26,27)20-10-8-19(9-11-20)18(23)16-2-1-12-28-16/h1-6,12H,7-11,13H2. The van der Waals surface area contributed by atoms with Crippen molar-refractivity contribution in [2.45, 2.75) is 11.3 Å². The molecule has 30 heavy (non-hydrogen) atoms. The van der Waals surface area contributed by atoms with Gasteiger partial charge in [-0.3, -0.25) is 9.59 Å². The zero-order chi connectivity index (χ0) is 21.5. The molecular formula is C18H19N3O7S2. The molecule has 4 rings (SSSR count). The zero-order valence-electron chi connectivity index (χ0n) is 15.8. The van der Waals surface area contributed by atoms with E-state index in [0.717, 1.165) is 0 Å². The fourth-order valence-corrected chi connectivity index (χ4v) is 6.34. The van der Waals surface area contributed by atoms with E-state index in [1.807, 2.05) is 0 Å². The Bertz CT molecular complexity index is 1160. The van der Waals surface area contributed by atoms with Gasteiger partial charge in [-0.25, -0.2) is 21.1 Å². The number of carbonyl (C=O) groups is 2. The summed E-state index contributed by atoms with van der Waals surface area (Å²) in [7, 11) is -7.54. The van der Waals surface area contributed by atoms with E-state index in [1.54, 1.807) is 12.1 Å². The Kier molecular flexibility index (Phi) is 5.16. The number of hydrogen-bond acceptors (Lipinski definition) is 7. The lowest BCUT2D eigenvalue weighted by Gasteiger charge is -2.33. The summed E-state index contributed by atoms with van der Waals surface area (Å²) < 4.78 is 56.9. The van der Waals surface area contributed by atoms with Crippen LogP contribution in [-0.2, 0) is 24.8 Å². The van der Waals surface area contributed by atoms with E-state index in [4.69, 9.17) is 4.42 Å². The minimum Gasteiger partial charge on any atom is -0.459 e. The predicted octanol–water partition coefficient (Wildman–Crippen LogP) is 0.493. The maximum absolute atomic E-state index is 12.9. The van der Waals surface area contributed by atoms with Gasteiger partial charge in [0.05, 0.1) is 22.6 Å². The van der Waals surface area contributed by atoms with Gasteiger partial charge in [0.2, 0.25) is 26.0 Å². The number of rotatable bonds is 4. The van der Waals surface area contributed by atoms with Crippen LogP contribution in [0, 0.1) is 0 Å². The summed E-state index contributed by atoms with van der Waals surface area (Å²) in [5.41, 5.74) is 0.116. The van der Waals surface area contributed by atoms with Gasteiger partial charge in [0.25, 0.3) is 5.91 Å². The van der Waals surface area contributed by atoms with Crippen LogP contribution in [0.2, 0.25) is 0 Å². The molecule has 2 amide bonds. The van der Waals surface area contributed by atoms with E-state index in [-0.39, 0.29) is 60.6 Å². The molecular weight excluding hydrogens is 434 g/mol. The summed E-state index contributed by atoms with van der Waals surface area (Å²) in [6.07, 6.45) is 1.31. The van der Waals surface area contributed by atoms with Crippen molar-refractivity contribution in [2.75, 3.05) is 36.2 Å². The third-order valence-corrected chi connectivity index (χ3v) is 8.65. The highest BCUT2D eigenvalue weighted by atomic mass is 32.2. The highest BCUT2D eigenvalue weighted by Crippen LogP contribution is 2.27. The molecule has 1 aromatic carbocycles. The van der Waals surface area contributed by atoms with Gasteiger partial charge in [-0.05, 0) is 36.4 Å². The smallest absolute Gasteiger partial charge is 0.289 e. The molecule has 10 nitrogen and oxygen atoms in total. The van der Waals surface area contributed by atoms with Crippen molar-refractivity contribution in [2.24, 2.45) is 0 Å². The molecule has 160 valence electrons. The first-order valence-corrected chi connectivity index (χ1v) is 12.2. The summed E-state index contributed by atoms with van der Waals surface area (Å²) in [5.74, 6) is -0.887. The molecule has 2 saturated heterocycles. The van der Waals surface area contributed by atoms with E-state index in [2.05, 4.69) is 0 Å². The summed E-state index contributed by atoms with van der Waals surface area (Å²) in [6.45, 7) is 0.680. The summed E-state index contributed by atoms with van der Waals surface area (Å²) in [5, 5.41) is 0. The number of nitrogens with zero attached hydrogens (tertiary/aromatic N) is 3. The van der Waals surface area contributed by atoms with Crippen LogP contribution in [0.25, 0.3) is 0 Å². The summed E-state index contributed by atoms with van der Waals surface area (Å²) in [6, 6.07) is 8.35. The lowest BCUT2D eigenvalue weighted by Crippen LogP contribution is -2.50. The van der Waals surface area contributed by atoms with Gasteiger partial charge in [0.15, 0.2) is 5.76 Å². The number of benzene rings is 1. The Labute approximate surface area is 173 Å². The Morgan fingerprint density at radius 1 is 1.00 bits per heavy atom. The Hall–Kier alpha value is -2.70. The predicted molar refractivity (Wildman–Crippen MR) is 106 cm³/mol. The molecule has 0 radical (unpaired) electrons. The van der Waals surface area contributed by atoms with Gasteiger partial charge < -0.3 is 9.32 Å². The van der Waals surface area contributed by atoms with E-state index >= 15 is 0 Å². The monoisotopic (exact) mass is 453 g/mol. The van der Waals surface area contributed by atoms with Crippen LogP contribution in [0.4, 0.5) is 5.69 Å². The first kappa shape index (κ1) is 20.6. The molecule has 0 atom stereocenters. The summed E-state index contributed by atoms with van der Waals surface area (Å²) in [4.78, 5) is 25.7. The first-order chi connectivity index (χ1) is 14.2. The molecule has 0 N–H and O–H groups in total. The van der Waals surface area contributed by atoms with Gasteiger partial charge in [-0.2, -0.15) is 4.31 Å². The van der Waals surface area contributed by atoms with Gasteiger partial charge in [0, 0.05) is 32.6 Å². The van der Waals surface area contributed by atoms with Crippen LogP contribution in [0.1, 0.15) is 17.0 Å². The van der Waals surface area contributed by atoms with Crippen molar-refractivity contribution >= 4 is 37.5 Å². The number of hydrogen-bond donors (Lipinski definition) is 0. The van der Waals surface area contributed by atoms with Crippen LogP contribution in [0.3, 0.4) is 0 Å². The number of furan rings is 1. The number of sulfonamides is 2. The fourth-order valence-electron chi connectivity index (χ4n) is 3.46. The molecule has 0 unspecified atom stereocenters. The minimum atomic E-state index is -3.83. The molecule has 3 heterocycles. The molecule has 0 saturated carbocycles. The Balaban J connectivity index is 1.47. The molecule has 2 aliphatic heterocycles. The Morgan fingerprint density at radius 2 is 1.67 bits per heavy atom. The zero-order valence-corrected chi connectivity index (χ0v) is 17.4. The van der Waals surface area contributed by atoms with Gasteiger partial charge in [-0.15, -0.1) is 0 Å². The normalized spacial score (nSPS) is 19.9. The third-order valence-electron chi connectivity index (χ3n) is 5.05. The second-order valence-electron chi connectivity index (χ2n) is 6.89. The largest absolute Gasteiger partial charge is 0.459 e. The third kappa shape index (κ3) is 3.61. The molecule has 2 aliphatic rings. The molecule has 1 aromatic heterocycles. The Morgan fingerprint density at radius 3 is 2.20 bits per heavy atom. The molecule has 0 bridgehead atoms. The SMILES string of the molecule is O=C(c1ccco1)N1CCN(S(=O)(=O)c2ccc(N3C(=O)CCS3(=O)=O)cc2)CC1. The first-order valence-electron chi connectivity index (χ1n) is 9.19. The molecule has 0 spiro atoms. The lowest BCUT2D eigenvalue weighted by atomic mass is 10.3. The van der Waals surface area contributed by atoms with E-state index < -0.39 is 26.0 Å². The van der Waals surface area contributed by atoms with E-state index in [9.17, 15) is 26.4 Å². The van der Waals surface area contributed by atoms with E-state index in [1.165, 1.54) is 39.7 Å². The fraction of sp³-hybridized carbons (Fsp3) is 0.333. The van der Waals surface area contributed by atoms with Crippen molar-refractivity contribution in [3.63, 3.8) is 0 Å².